The molecule has 4 nitrogen and oxygen atoms in total. The molecule has 0 spiro atoms. The molecular formula is C16H18N2O2. The van der Waals surface area contributed by atoms with Gasteiger partial charge in [-0.1, -0.05) is 24.3 Å². The first-order valence-electron chi connectivity index (χ1n) is 6.31. The molecule has 0 N–H and O–H groups in total. The smallest absolute Gasteiger partial charge is 0.348 e. The molecule has 0 fully saturated rings. The minimum Gasteiger partial charge on any atom is -0.462 e. The lowest BCUT2D eigenvalue weighted by atomic mass is 10.1. The van der Waals surface area contributed by atoms with Crippen molar-refractivity contribution in [2.75, 3.05) is 25.6 Å². The highest BCUT2D eigenvalue weighted by Crippen LogP contribution is 2.13. The quantitative estimate of drug-likeness (QED) is 0.357. The Labute approximate surface area is 119 Å². The fourth-order valence-electron chi connectivity index (χ4n) is 1.50. The van der Waals surface area contributed by atoms with Crippen molar-refractivity contribution in [3.8, 4) is 6.07 Å². The molecule has 0 atom stereocenters. The van der Waals surface area contributed by atoms with E-state index in [-0.39, 0.29) is 12.2 Å². The number of nitriles is 1. The minimum absolute atomic E-state index is 0.00647. The molecule has 20 heavy (non-hydrogen) atoms. The molecule has 0 amide bonds. The van der Waals surface area contributed by atoms with Gasteiger partial charge >= 0.3 is 5.97 Å². The molecule has 0 aromatic heterocycles. The van der Waals surface area contributed by atoms with Crippen LogP contribution in [0.1, 0.15) is 12.5 Å². The van der Waals surface area contributed by atoms with Crippen LogP contribution in [0.5, 0.6) is 0 Å². The van der Waals surface area contributed by atoms with Crippen LogP contribution in [-0.2, 0) is 9.53 Å². The van der Waals surface area contributed by atoms with Crippen molar-refractivity contribution in [2.45, 2.75) is 6.92 Å². The van der Waals surface area contributed by atoms with Gasteiger partial charge in [0.15, 0.2) is 0 Å². The molecule has 0 radical (unpaired) electrons. The van der Waals surface area contributed by atoms with E-state index in [2.05, 4.69) is 0 Å². The van der Waals surface area contributed by atoms with E-state index in [9.17, 15) is 4.79 Å². The Bertz CT molecular complexity index is 549. The maximum Gasteiger partial charge on any atom is 0.348 e. The van der Waals surface area contributed by atoms with E-state index >= 15 is 0 Å². The van der Waals surface area contributed by atoms with Gasteiger partial charge in [-0.25, -0.2) is 4.79 Å². The van der Waals surface area contributed by atoms with Crippen LogP contribution < -0.4 is 4.90 Å². The summed E-state index contributed by atoms with van der Waals surface area (Å²) in [5.41, 5.74) is 2.10. The highest BCUT2D eigenvalue weighted by atomic mass is 16.5. The van der Waals surface area contributed by atoms with E-state index in [1.165, 1.54) is 6.08 Å². The van der Waals surface area contributed by atoms with Crippen LogP contribution in [0.2, 0.25) is 0 Å². The predicted molar refractivity (Wildman–Crippen MR) is 80.1 cm³/mol. The van der Waals surface area contributed by atoms with Crippen molar-refractivity contribution in [1.82, 2.24) is 0 Å². The number of nitrogens with zero attached hydrogens (tertiary/aromatic N) is 2. The Kier molecular flexibility index (Phi) is 6.05. The zero-order valence-corrected chi connectivity index (χ0v) is 12.0. The molecule has 0 aliphatic heterocycles. The van der Waals surface area contributed by atoms with Gasteiger partial charge in [0.1, 0.15) is 11.6 Å². The van der Waals surface area contributed by atoms with E-state index in [0.29, 0.717) is 0 Å². The van der Waals surface area contributed by atoms with Crippen molar-refractivity contribution in [2.24, 2.45) is 0 Å². The van der Waals surface area contributed by atoms with Crippen LogP contribution >= 0.6 is 0 Å². The highest BCUT2D eigenvalue weighted by molar-refractivity contribution is 5.93. The fourth-order valence-corrected chi connectivity index (χ4v) is 1.50. The summed E-state index contributed by atoms with van der Waals surface area (Å²) in [6.45, 7) is 1.96. The summed E-state index contributed by atoms with van der Waals surface area (Å²) in [7, 11) is 3.96. The number of benzene rings is 1. The van der Waals surface area contributed by atoms with Crippen molar-refractivity contribution in [1.29, 1.82) is 5.26 Å². The van der Waals surface area contributed by atoms with E-state index in [1.807, 2.05) is 55.4 Å². The third-order valence-corrected chi connectivity index (χ3v) is 2.58. The van der Waals surface area contributed by atoms with Crippen LogP contribution in [0.15, 0.2) is 42.0 Å². The number of rotatable bonds is 5. The van der Waals surface area contributed by atoms with Crippen molar-refractivity contribution in [3.63, 3.8) is 0 Å². The Morgan fingerprint density at radius 1 is 1.35 bits per heavy atom. The number of allylic oxidation sites excluding steroid dienone is 2. The maximum absolute atomic E-state index is 11.4. The molecule has 0 aliphatic rings. The SMILES string of the molecule is CCOC(=O)/C(C#N)=C\C=C\c1ccc(N(C)C)cc1. The lowest BCUT2D eigenvalue weighted by Crippen LogP contribution is -2.07. The average molecular weight is 270 g/mol. The number of esters is 1. The number of carbonyl (C=O) groups excluding carboxylic acids is 1. The summed E-state index contributed by atoms with van der Waals surface area (Å²) in [5, 5.41) is 8.86. The Hall–Kier alpha value is -2.54. The van der Waals surface area contributed by atoms with Gasteiger partial charge in [-0.2, -0.15) is 5.26 Å². The van der Waals surface area contributed by atoms with Crippen LogP contribution in [0.4, 0.5) is 5.69 Å². The molecule has 0 aliphatic carbocycles. The monoisotopic (exact) mass is 270 g/mol. The third-order valence-electron chi connectivity index (χ3n) is 2.58. The number of carbonyl (C=O) groups is 1. The first kappa shape index (κ1) is 15.5. The molecule has 0 saturated heterocycles. The molecule has 1 aromatic rings. The van der Waals surface area contributed by atoms with E-state index in [1.54, 1.807) is 13.0 Å². The van der Waals surface area contributed by atoms with Gasteiger partial charge < -0.3 is 9.64 Å². The topological polar surface area (TPSA) is 53.3 Å². The summed E-state index contributed by atoms with van der Waals surface area (Å²) >= 11 is 0. The van der Waals surface area contributed by atoms with Crippen molar-refractivity contribution >= 4 is 17.7 Å². The summed E-state index contributed by atoms with van der Waals surface area (Å²) in [4.78, 5) is 13.4. The summed E-state index contributed by atoms with van der Waals surface area (Å²) in [5.74, 6) is -0.595. The molecule has 1 aromatic carbocycles. The molecular weight excluding hydrogens is 252 g/mol. The van der Waals surface area contributed by atoms with Gasteiger partial charge in [-0.05, 0) is 30.7 Å². The van der Waals surface area contributed by atoms with Crippen molar-refractivity contribution < 1.29 is 9.53 Å². The minimum atomic E-state index is -0.595. The van der Waals surface area contributed by atoms with Gasteiger partial charge in [0.25, 0.3) is 0 Å². The second-order valence-electron chi connectivity index (χ2n) is 4.26. The molecule has 4 heteroatoms. The van der Waals surface area contributed by atoms with Crippen LogP contribution in [0.3, 0.4) is 0 Å². The predicted octanol–water partition coefficient (Wildman–Crippen LogP) is 2.78. The second kappa shape index (κ2) is 7.80. The first-order valence-corrected chi connectivity index (χ1v) is 6.31. The Morgan fingerprint density at radius 3 is 2.50 bits per heavy atom. The average Bonchev–Trinajstić information content (AvgIpc) is 2.44. The third kappa shape index (κ3) is 4.62. The van der Waals surface area contributed by atoms with Gasteiger partial charge in [0.2, 0.25) is 0 Å². The zero-order valence-electron chi connectivity index (χ0n) is 12.0. The van der Waals surface area contributed by atoms with Gasteiger partial charge in [-0.15, -0.1) is 0 Å². The Balaban J connectivity index is 2.76. The number of anilines is 1. The largest absolute Gasteiger partial charge is 0.462 e. The summed E-state index contributed by atoms with van der Waals surface area (Å²) in [6.07, 6.45) is 4.95. The fraction of sp³-hybridized carbons (Fsp3) is 0.250. The van der Waals surface area contributed by atoms with Gasteiger partial charge in [0.05, 0.1) is 6.61 Å². The van der Waals surface area contributed by atoms with Crippen molar-refractivity contribution in [3.05, 3.63) is 47.6 Å². The number of hydrogen-bond acceptors (Lipinski definition) is 4. The van der Waals surface area contributed by atoms with Crippen LogP contribution in [0.25, 0.3) is 6.08 Å². The van der Waals surface area contributed by atoms with Gasteiger partial charge in [0, 0.05) is 19.8 Å². The standard InChI is InChI=1S/C16H18N2O2/c1-4-20-16(19)14(12-17)7-5-6-13-8-10-15(11-9-13)18(2)3/h5-11H,4H2,1-3H3/b6-5+,14-7-. The maximum atomic E-state index is 11.4. The molecule has 0 heterocycles. The molecule has 1 rings (SSSR count). The number of ether oxygens (including phenoxy) is 1. The van der Waals surface area contributed by atoms with Crippen LogP contribution in [-0.4, -0.2) is 26.7 Å². The highest BCUT2D eigenvalue weighted by Gasteiger charge is 2.07. The molecule has 104 valence electrons. The molecule has 0 saturated carbocycles. The normalized spacial score (nSPS) is 11.2. The lowest BCUT2D eigenvalue weighted by Gasteiger charge is -2.11. The lowest BCUT2D eigenvalue weighted by molar-refractivity contribution is -0.138. The molecule has 0 bridgehead atoms. The summed E-state index contributed by atoms with van der Waals surface area (Å²) < 4.78 is 4.77. The zero-order chi connectivity index (χ0) is 15.0. The number of hydrogen-bond donors (Lipinski definition) is 0. The van der Waals surface area contributed by atoms with E-state index in [0.717, 1.165) is 11.3 Å². The van der Waals surface area contributed by atoms with Gasteiger partial charge in [-0.3, -0.25) is 0 Å². The first-order chi connectivity index (χ1) is 9.58. The Morgan fingerprint density at radius 2 is 2.00 bits per heavy atom. The summed E-state index contributed by atoms with van der Waals surface area (Å²) in [6, 6.07) is 9.76. The second-order valence-corrected chi connectivity index (χ2v) is 4.26. The van der Waals surface area contributed by atoms with Crippen LogP contribution in [0, 0.1) is 11.3 Å². The van der Waals surface area contributed by atoms with E-state index in [4.69, 9.17) is 10.00 Å². The molecule has 0 unspecified atom stereocenters. The van der Waals surface area contributed by atoms with E-state index < -0.39 is 5.97 Å².